The first-order chi connectivity index (χ1) is 56.8. The summed E-state index contributed by atoms with van der Waals surface area (Å²) in [7, 11) is 0. The van der Waals surface area contributed by atoms with Crippen molar-refractivity contribution in [2.24, 2.45) is 0 Å². The average Bonchev–Trinajstić information content (AvgIpc) is 1.50. The Labute approximate surface area is 684 Å². The molecule has 0 radical (unpaired) electrons. The highest BCUT2D eigenvalue weighted by atomic mass is 15.0. The summed E-state index contributed by atoms with van der Waals surface area (Å²) >= 11 is 0. The number of hydrogen-bond donors (Lipinski definition) is 0. The highest BCUT2D eigenvalue weighted by molar-refractivity contribution is 6.47. The Morgan fingerprint density at radius 2 is 0.217 bits per heavy atom. The lowest BCUT2D eigenvalue weighted by atomic mass is 9.98. The summed E-state index contributed by atoms with van der Waals surface area (Å²) in [6.07, 6.45) is 0. The molecule has 584 valence electrons. The molecular formula is C111H120N4. The van der Waals surface area contributed by atoms with Gasteiger partial charge in [0.1, 0.15) is 0 Å². The zero-order valence-electron chi connectivity index (χ0n) is 72.2. The Morgan fingerprint density at radius 1 is 0.122 bits per heavy atom. The summed E-state index contributed by atoms with van der Waals surface area (Å²) in [5.74, 6) is 0. The molecule has 0 unspecified atom stereocenters. The molecule has 0 fully saturated rings. The quantitative estimate of drug-likeness (QED) is 0.144. The summed E-state index contributed by atoms with van der Waals surface area (Å²) in [5.41, 5.74) is 22.4. The molecule has 23 rings (SSSR count). The number of hydrogen-bond acceptors (Lipinski definition) is 0. The Bertz CT molecular complexity index is 5590. The summed E-state index contributed by atoms with van der Waals surface area (Å²) in [6.45, 7) is 42.4. The van der Waals surface area contributed by atoms with Gasteiger partial charge in [-0.2, -0.15) is 0 Å². The van der Waals surface area contributed by atoms with E-state index >= 15 is 0 Å². The lowest BCUT2D eigenvalue weighted by Gasteiger charge is -2.02. The molecule has 0 atom stereocenters. The van der Waals surface area contributed by atoms with Gasteiger partial charge in [0.2, 0.25) is 0 Å². The largest absolute Gasteiger partial charge is 0.308 e. The summed E-state index contributed by atoms with van der Waals surface area (Å²) < 4.78 is 9.99. The van der Waals surface area contributed by atoms with Gasteiger partial charge in [0.05, 0.1) is 66.2 Å². The van der Waals surface area contributed by atoms with Gasteiger partial charge in [0.25, 0.3) is 0 Å². The fraction of sp³-hybridized carbons (Fsp3) is 0.189. The molecule has 0 spiro atoms. The second kappa shape index (κ2) is 42.4. The van der Waals surface area contributed by atoms with E-state index in [0.717, 1.165) is 0 Å². The standard InChI is InChI=1S/2C30H16N2.5C7H8.8C2H6/c2*1-5-13-21-17(9-1)25-26-18-10-2-7-15-23(18)32-24-16-8-4-12-20(24)28(30(26)32)27-19-11-3-6-14-22(19)31(21)29(25)27;5*1-7-5-3-2-4-6-7;8*1-2/h2*1-16H;5*2-6H,1H3;8*1-2H3. The molecule has 15 aromatic carbocycles. The van der Waals surface area contributed by atoms with Crippen LogP contribution in [0.2, 0.25) is 0 Å². The van der Waals surface area contributed by atoms with Crippen molar-refractivity contribution in [1.82, 2.24) is 17.6 Å². The normalized spacial score (nSPS) is 10.3. The van der Waals surface area contributed by atoms with Crippen molar-refractivity contribution in [1.29, 1.82) is 0 Å². The average molecular weight is 1510 g/mol. The van der Waals surface area contributed by atoms with E-state index in [0.29, 0.717) is 0 Å². The van der Waals surface area contributed by atoms with E-state index in [2.05, 4.69) is 307 Å². The fourth-order valence-corrected chi connectivity index (χ4v) is 15.6. The van der Waals surface area contributed by atoms with E-state index in [-0.39, 0.29) is 0 Å². The third-order valence-corrected chi connectivity index (χ3v) is 19.8. The predicted octanol–water partition coefficient (Wildman–Crippen LogP) is 34.2. The Kier molecular flexibility index (Phi) is 31.9. The van der Waals surface area contributed by atoms with Crippen molar-refractivity contribution in [2.45, 2.75) is 145 Å². The van der Waals surface area contributed by atoms with Gasteiger partial charge in [0.15, 0.2) is 0 Å². The Balaban J connectivity index is 0.000000167. The van der Waals surface area contributed by atoms with Crippen LogP contribution < -0.4 is 0 Å². The summed E-state index contributed by atoms with van der Waals surface area (Å²) in [5, 5.41) is 21.8. The number of aromatic nitrogens is 4. The molecule has 0 bridgehead atoms. The SMILES string of the molecule is CC.CC.CC.CC.CC.CC.CC.CC.Cc1ccccc1.Cc1ccccc1.Cc1ccccc1.Cc1ccccc1.Cc1ccccc1.c1ccc2c(c1)c1c3c4ccccc4n4c5ccccc5c(c5c6ccccc6n2c15)c34.c1ccc2c(c1)c1c3c4ccccc4n4c5ccccc5c(c5c6ccccc6n2c15)c34. The minimum Gasteiger partial charge on any atom is -0.308 e. The summed E-state index contributed by atoms with van der Waals surface area (Å²) in [6, 6.07) is 122. The molecule has 0 aliphatic rings. The molecule has 0 saturated heterocycles. The summed E-state index contributed by atoms with van der Waals surface area (Å²) in [4.78, 5) is 0. The number of aryl methyl sites for hydroxylation is 5. The van der Waals surface area contributed by atoms with Gasteiger partial charge in [-0.15, -0.1) is 0 Å². The maximum absolute atomic E-state index is 2.50. The molecule has 0 aliphatic heterocycles. The first kappa shape index (κ1) is 86.5. The molecule has 8 aromatic heterocycles. The zero-order valence-corrected chi connectivity index (χ0v) is 72.2. The van der Waals surface area contributed by atoms with Gasteiger partial charge in [0, 0.05) is 86.2 Å². The molecule has 8 heterocycles. The third kappa shape index (κ3) is 16.9. The van der Waals surface area contributed by atoms with Crippen LogP contribution in [-0.4, -0.2) is 17.6 Å². The topological polar surface area (TPSA) is 17.6 Å². The third-order valence-electron chi connectivity index (χ3n) is 19.8. The van der Waals surface area contributed by atoms with Gasteiger partial charge in [-0.3, -0.25) is 0 Å². The highest BCUT2D eigenvalue weighted by Crippen LogP contribution is 2.53. The van der Waals surface area contributed by atoms with E-state index in [1.54, 1.807) is 0 Å². The van der Waals surface area contributed by atoms with Crippen molar-refractivity contribution in [3.63, 3.8) is 0 Å². The maximum atomic E-state index is 2.50. The molecular weight excluding hydrogens is 1390 g/mol. The lowest BCUT2D eigenvalue weighted by Crippen LogP contribution is -1.79. The molecule has 0 saturated carbocycles. The molecule has 0 N–H and O–H groups in total. The first-order valence-electron chi connectivity index (χ1n) is 42.4. The van der Waals surface area contributed by atoms with E-state index in [1.165, 1.54) is 180 Å². The Morgan fingerprint density at radius 3 is 0.313 bits per heavy atom. The van der Waals surface area contributed by atoms with Gasteiger partial charge < -0.3 is 17.6 Å². The molecule has 115 heavy (non-hydrogen) atoms. The minimum atomic E-state index is 1.29. The van der Waals surface area contributed by atoms with E-state index < -0.39 is 0 Å². The van der Waals surface area contributed by atoms with Crippen LogP contribution in [0, 0.1) is 34.6 Å². The molecule has 4 heteroatoms. The van der Waals surface area contributed by atoms with E-state index in [4.69, 9.17) is 0 Å². The Hall–Kier alpha value is -12.5. The second-order valence-corrected chi connectivity index (χ2v) is 26.1. The lowest BCUT2D eigenvalue weighted by molar-refractivity contribution is 1.37. The van der Waals surface area contributed by atoms with Crippen LogP contribution in [0.1, 0.15) is 139 Å². The number of fused-ring (bicyclic) bond motifs is 28. The van der Waals surface area contributed by atoms with E-state index in [9.17, 15) is 0 Å². The van der Waals surface area contributed by atoms with E-state index in [1.807, 2.05) is 202 Å². The van der Waals surface area contributed by atoms with Crippen molar-refractivity contribution in [2.75, 3.05) is 0 Å². The van der Waals surface area contributed by atoms with Crippen LogP contribution in [0.5, 0.6) is 0 Å². The van der Waals surface area contributed by atoms with Crippen molar-refractivity contribution in [3.8, 4) is 0 Å². The number of rotatable bonds is 0. The van der Waals surface area contributed by atoms with Crippen LogP contribution >= 0.6 is 0 Å². The van der Waals surface area contributed by atoms with Crippen molar-refractivity contribution < 1.29 is 0 Å². The molecule has 4 nitrogen and oxygen atoms in total. The van der Waals surface area contributed by atoms with Crippen LogP contribution in [0.4, 0.5) is 0 Å². The van der Waals surface area contributed by atoms with Crippen LogP contribution in [0.25, 0.3) is 152 Å². The number of para-hydroxylation sites is 8. The highest BCUT2D eigenvalue weighted by Gasteiger charge is 2.30. The van der Waals surface area contributed by atoms with Crippen LogP contribution in [0.15, 0.2) is 346 Å². The number of benzene rings is 15. The van der Waals surface area contributed by atoms with Crippen LogP contribution in [0.3, 0.4) is 0 Å². The van der Waals surface area contributed by atoms with Crippen molar-refractivity contribution >= 4 is 152 Å². The smallest absolute Gasteiger partial charge is 0.0634 e. The predicted molar refractivity (Wildman–Crippen MR) is 518 cm³/mol. The van der Waals surface area contributed by atoms with Gasteiger partial charge >= 0.3 is 0 Å². The minimum absolute atomic E-state index is 1.29. The van der Waals surface area contributed by atoms with Crippen molar-refractivity contribution in [3.05, 3.63) is 374 Å². The molecule has 0 aliphatic carbocycles. The second-order valence-electron chi connectivity index (χ2n) is 26.1. The van der Waals surface area contributed by atoms with Gasteiger partial charge in [-0.05, 0) is 83.1 Å². The fourth-order valence-electron chi connectivity index (χ4n) is 15.6. The van der Waals surface area contributed by atoms with Gasteiger partial charge in [-0.25, -0.2) is 0 Å². The van der Waals surface area contributed by atoms with Gasteiger partial charge in [-0.1, -0.05) is 436 Å². The molecule has 23 aromatic rings. The molecule has 0 amide bonds. The maximum Gasteiger partial charge on any atom is 0.0634 e. The van der Waals surface area contributed by atoms with Crippen LogP contribution in [-0.2, 0) is 0 Å². The first-order valence-corrected chi connectivity index (χ1v) is 42.4. The number of nitrogens with zero attached hydrogens (tertiary/aromatic N) is 4. The zero-order chi connectivity index (χ0) is 82.7. The monoisotopic (exact) mass is 1510 g/mol.